The van der Waals surface area contributed by atoms with Crippen molar-refractivity contribution in [2.24, 2.45) is 0 Å². The molecule has 2 aromatic heterocycles. The molecule has 0 spiro atoms. The minimum atomic E-state index is -0.0649. The van der Waals surface area contributed by atoms with Crippen LogP contribution in [0.4, 0.5) is 5.00 Å². The van der Waals surface area contributed by atoms with Gasteiger partial charge in [0.05, 0.1) is 6.04 Å². The minimum Gasteiger partial charge on any atom is -0.313 e. The van der Waals surface area contributed by atoms with Crippen molar-refractivity contribution >= 4 is 22.2 Å². The van der Waals surface area contributed by atoms with E-state index in [0.29, 0.717) is 5.56 Å². The van der Waals surface area contributed by atoms with Crippen LogP contribution in [0.2, 0.25) is 0 Å². The van der Waals surface area contributed by atoms with Crippen molar-refractivity contribution in [3.8, 4) is 0 Å². The molecule has 1 N–H and O–H groups in total. The first kappa shape index (κ1) is 20.7. The molecule has 3 heterocycles. The maximum absolute atomic E-state index is 12.9. The van der Waals surface area contributed by atoms with E-state index in [1.165, 1.54) is 21.6 Å². The van der Waals surface area contributed by atoms with Crippen LogP contribution in [0.15, 0.2) is 54.9 Å². The van der Waals surface area contributed by atoms with Crippen LogP contribution in [0, 0.1) is 13.8 Å². The molecular formula is C24H28N4OS. The van der Waals surface area contributed by atoms with Crippen molar-refractivity contribution < 1.29 is 4.79 Å². The lowest BCUT2D eigenvalue weighted by atomic mass is 9.95. The molecule has 1 aromatic carbocycles. The highest BCUT2D eigenvalue weighted by Crippen LogP contribution is 2.42. The van der Waals surface area contributed by atoms with Crippen molar-refractivity contribution in [3.63, 3.8) is 0 Å². The van der Waals surface area contributed by atoms with E-state index in [1.807, 2.05) is 42.7 Å². The van der Waals surface area contributed by atoms with E-state index >= 15 is 0 Å². The number of hydrogen-bond acceptors (Lipinski definition) is 5. The van der Waals surface area contributed by atoms with E-state index in [1.54, 1.807) is 11.3 Å². The zero-order valence-electron chi connectivity index (χ0n) is 17.8. The van der Waals surface area contributed by atoms with Crippen LogP contribution in [0.5, 0.6) is 0 Å². The third kappa shape index (κ3) is 4.31. The number of carbonyl (C=O) groups is 1. The van der Waals surface area contributed by atoms with Gasteiger partial charge < -0.3 is 10.2 Å². The van der Waals surface area contributed by atoms with E-state index in [-0.39, 0.29) is 11.9 Å². The summed E-state index contributed by atoms with van der Waals surface area (Å²) in [6.45, 7) is 8.36. The number of aryl methyl sites for hydroxylation is 1. The zero-order valence-corrected chi connectivity index (χ0v) is 18.6. The first-order chi connectivity index (χ1) is 14.5. The van der Waals surface area contributed by atoms with Gasteiger partial charge in [-0.2, -0.15) is 0 Å². The summed E-state index contributed by atoms with van der Waals surface area (Å²) in [6, 6.07) is 13.7. The van der Waals surface area contributed by atoms with Gasteiger partial charge in [0, 0.05) is 54.6 Å². The number of likely N-dealkylation sites (N-methyl/N-ethyl adjacent to an activating group) is 1. The smallest absolute Gasteiger partial charge is 0.256 e. The summed E-state index contributed by atoms with van der Waals surface area (Å²) in [5, 5.41) is 4.16. The highest BCUT2D eigenvalue weighted by Gasteiger charge is 2.31. The summed E-state index contributed by atoms with van der Waals surface area (Å²) in [5.74, 6) is -0.0649. The third-order valence-electron chi connectivity index (χ3n) is 5.89. The van der Waals surface area contributed by atoms with Crippen LogP contribution in [0.3, 0.4) is 0 Å². The Kier molecular flexibility index (Phi) is 6.27. The molecule has 0 saturated carbocycles. The van der Waals surface area contributed by atoms with Crippen molar-refractivity contribution in [3.05, 3.63) is 82.0 Å². The van der Waals surface area contributed by atoms with Gasteiger partial charge in [0.15, 0.2) is 0 Å². The molecule has 1 aliphatic heterocycles. The molecule has 1 amide bonds. The summed E-state index contributed by atoms with van der Waals surface area (Å²) in [5.41, 5.74) is 4.35. The molecular weight excluding hydrogens is 392 g/mol. The van der Waals surface area contributed by atoms with E-state index in [0.717, 1.165) is 31.2 Å². The summed E-state index contributed by atoms with van der Waals surface area (Å²) in [4.78, 5) is 23.3. The van der Waals surface area contributed by atoms with Gasteiger partial charge in [-0.05, 0) is 56.3 Å². The lowest BCUT2D eigenvalue weighted by Gasteiger charge is -2.38. The molecule has 1 unspecified atom stereocenters. The Morgan fingerprint density at radius 1 is 1.03 bits per heavy atom. The van der Waals surface area contributed by atoms with E-state index in [2.05, 4.69) is 53.1 Å². The average Bonchev–Trinajstić information content (AvgIpc) is 3.04. The van der Waals surface area contributed by atoms with Crippen molar-refractivity contribution in [1.82, 2.24) is 14.8 Å². The number of thiophene rings is 1. The molecule has 0 aliphatic carbocycles. The quantitative estimate of drug-likeness (QED) is 0.667. The highest BCUT2D eigenvalue weighted by atomic mass is 32.1. The number of carbonyl (C=O) groups excluding carboxylic acids is 1. The Labute approximate surface area is 182 Å². The SMILES string of the molecule is Cc1sc(NC(=O)c2ccccc2)c(C(c2ccncc2)N2CCN(C)CC2)c1C. The Morgan fingerprint density at radius 2 is 1.70 bits per heavy atom. The number of amides is 1. The predicted molar refractivity (Wildman–Crippen MR) is 123 cm³/mol. The second-order valence-corrected chi connectivity index (χ2v) is 9.09. The number of hydrogen-bond donors (Lipinski definition) is 1. The first-order valence-electron chi connectivity index (χ1n) is 10.3. The number of benzene rings is 1. The standard InChI is InChI=1S/C24H28N4OS/c1-17-18(2)30-24(26-23(29)20-7-5-4-6-8-20)21(17)22(19-9-11-25-12-10-19)28-15-13-27(3)14-16-28/h4-12,22H,13-16H2,1-3H3,(H,26,29). The largest absolute Gasteiger partial charge is 0.313 e. The van der Waals surface area contributed by atoms with Crippen molar-refractivity contribution in [1.29, 1.82) is 0 Å². The fourth-order valence-corrected chi connectivity index (χ4v) is 5.11. The summed E-state index contributed by atoms with van der Waals surface area (Å²) < 4.78 is 0. The molecule has 1 atom stereocenters. The van der Waals surface area contributed by atoms with Gasteiger partial charge in [0.25, 0.3) is 5.91 Å². The summed E-state index contributed by atoms with van der Waals surface area (Å²) in [6.07, 6.45) is 3.71. The van der Waals surface area contributed by atoms with Gasteiger partial charge >= 0.3 is 0 Å². The summed E-state index contributed by atoms with van der Waals surface area (Å²) in [7, 11) is 2.17. The number of piperazine rings is 1. The Bertz CT molecular complexity index is 995. The predicted octanol–water partition coefficient (Wildman–Crippen LogP) is 4.35. The molecule has 1 aliphatic rings. The number of aromatic nitrogens is 1. The number of rotatable bonds is 5. The lowest BCUT2D eigenvalue weighted by Crippen LogP contribution is -2.46. The summed E-state index contributed by atoms with van der Waals surface area (Å²) >= 11 is 1.67. The first-order valence-corrected chi connectivity index (χ1v) is 11.1. The van der Waals surface area contributed by atoms with E-state index < -0.39 is 0 Å². The molecule has 4 rings (SSSR count). The minimum absolute atomic E-state index is 0.0649. The van der Waals surface area contributed by atoms with Crippen molar-refractivity contribution in [2.75, 3.05) is 38.5 Å². The third-order valence-corrected chi connectivity index (χ3v) is 7.03. The molecule has 1 fully saturated rings. The maximum atomic E-state index is 12.9. The zero-order chi connectivity index (χ0) is 21.1. The molecule has 5 nitrogen and oxygen atoms in total. The topological polar surface area (TPSA) is 48.5 Å². The van der Waals surface area contributed by atoms with E-state index in [9.17, 15) is 4.79 Å². The second kappa shape index (κ2) is 9.08. The fourth-order valence-electron chi connectivity index (χ4n) is 4.02. The van der Waals surface area contributed by atoms with Crippen LogP contribution < -0.4 is 5.32 Å². The van der Waals surface area contributed by atoms with Gasteiger partial charge in [0.2, 0.25) is 0 Å². The molecule has 0 bridgehead atoms. The Balaban J connectivity index is 1.74. The van der Waals surface area contributed by atoms with Gasteiger partial charge in [-0.15, -0.1) is 11.3 Å². The number of anilines is 1. The van der Waals surface area contributed by atoms with Gasteiger partial charge in [-0.3, -0.25) is 14.7 Å². The normalized spacial score (nSPS) is 16.4. The number of nitrogens with one attached hydrogen (secondary N) is 1. The van der Waals surface area contributed by atoms with Crippen LogP contribution in [-0.4, -0.2) is 53.9 Å². The number of nitrogens with zero attached hydrogens (tertiary/aromatic N) is 3. The van der Waals surface area contributed by atoms with E-state index in [4.69, 9.17) is 0 Å². The van der Waals surface area contributed by atoms with Crippen LogP contribution in [-0.2, 0) is 0 Å². The van der Waals surface area contributed by atoms with Gasteiger partial charge in [-0.1, -0.05) is 18.2 Å². The highest BCUT2D eigenvalue weighted by molar-refractivity contribution is 7.16. The molecule has 156 valence electrons. The molecule has 3 aromatic rings. The fraction of sp³-hybridized carbons (Fsp3) is 0.333. The van der Waals surface area contributed by atoms with Gasteiger partial charge in [0.1, 0.15) is 5.00 Å². The van der Waals surface area contributed by atoms with Crippen LogP contribution in [0.1, 0.15) is 38.0 Å². The molecule has 6 heteroatoms. The molecule has 30 heavy (non-hydrogen) atoms. The second-order valence-electron chi connectivity index (χ2n) is 7.87. The number of pyridine rings is 1. The van der Waals surface area contributed by atoms with Gasteiger partial charge in [-0.25, -0.2) is 0 Å². The molecule has 1 saturated heterocycles. The Morgan fingerprint density at radius 3 is 2.37 bits per heavy atom. The van der Waals surface area contributed by atoms with Crippen LogP contribution >= 0.6 is 11.3 Å². The average molecular weight is 421 g/mol. The van der Waals surface area contributed by atoms with Crippen molar-refractivity contribution in [2.45, 2.75) is 19.9 Å². The monoisotopic (exact) mass is 420 g/mol. The lowest BCUT2D eigenvalue weighted by molar-refractivity contribution is 0.102. The molecule has 0 radical (unpaired) electrons. The van der Waals surface area contributed by atoms with Crippen LogP contribution in [0.25, 0.3) is 0 Å². The Hall–Kier alpha value is -2.54. The maximum Gasteiger partial charge on any atom is 0.256 e.